The predicted molar refractivity (Wildman–Crippen MR) is 70.2 cm³/mol. The zero-order valence-electron chi connectivity index (χ0n) is 10.6. The van der Waals surface area contributed by atoms with Gasteiger partial charge in [0.1, 0.15) is 5.75 Å². The maximum atomic E-state index is 11.9. The van der Waals surface area contributed by atoms with E-state index in [1.807, 2.05) is 0 Å². The summed E-state index contributed by atoms with van der Waals surface area (Å²) in [4.78, 5) is 26.1. The Hall–Kier alpha value is -2.56. The first-order valence-electron chi connectivity index (χ1n) is 5.64. The van der Waals surface area contributed by atoms with Gasteiger partial charge in [-0.05, 0) is 36.2 Å². The van der Waals surface area contributed by atoms with E-state index >= 15 is 0 Å². The van der Waals surface area contributed by atoms with Gasteiger partial charge in [0.25, 0.3) is 5.56 Å². The summed E-state index contributed by atoms with van der Waals surface area (Å²) in [5.41, 5.74) is 1.22. The molecule has 0 fully saturated rings. The summed E-state index contributed by atoms with van der Waals surface area (Å²) in [6.45, 7) is 1.72. The summed E-state index contributed by atoms with van der Waals surface area (Å²) >= 11 is 0. The Bertz CT molecular complexity index is 688. The number of aromatic amines is 1. The van der Waals surface area contributed by atoms with E-state index in [1.54, 1.807) is 19.1 Å². The standard InChI is InChI=1S/C14H13NO4/c1-8-7-9(3-4-11(8)16)12-10(14(18)19-2)5-6-15-13(12)17/h3-7,16H,1-2H3,(H,15,17). The van der Waals surface area contributed by atoms with Crippen LogP contribution >= 0.6 is 0 Å². The Kier molecular flexibility index (Phi) is 3.37. The van der Waals surface area contributed by atoms with Crippen LogP contribution in [0.25, 0.3) is 11.1 Å². The molecular weight excluding hydrogens is 246 g/mol. The van der Waals surface area contributed by atoms with Crippen molar-refractivity contribution in [3.05, 3.63) is 51.9 Å². The molecule has 0 spiro atoms. The average molecular weight is 259 g/mol. The lowest BCUT2D eigenvalue weighted by molar-refractivity contribution is 0.0601. The number of rotatable bonds is 2. The highest BCUT2D eigenvalue weighted by Gasteiger charge is 2.16. The molecule has 5 heteroatoms. The molecule has 0 atom stereocenters. The maximum absolute atomic E-state index is 11.9. The smallest absolute Gasteiger partial charge is 0.338 e. The van der Waals surface area contributed by atoms with Crippen molar-refractivity contribution < 1.29 is 14.6 Å². The lowest BCUT2D eigenvalue weighted by Crippen LogP contribution is -2.15. The van der Waals surface area contributed by atoms with E-state index in [4.69, 9.17) is 0 Å². The highest BCUT2D eigenvalue weighted by Crippen LogP contribution is 2.25. The minimum absolute atomic E-state index is 0.135. The van der Waals surface area contributed by atoms with Crippen LogP contribution in [0.3, 0.4) is 0 Å². The number of esters is 1. The molecule has 2 rings (SSSR count). The van der Waals surface area contributed by atoms with E-state index in [9.17, 15) is 14.7 Å². The monoisotopic (exact) mass is 259 g/mol. The predicted octanol–water partition coefficient (Wildman–Crippen LogP) is 1.84. The molecule has 19 heavy (non-hydrogen) atoms. The number of carbonyl (C=O) groups excluding carboxylic acids is 1. The number of nitrogens with one attached hydrogen (secondary N) is 1. The fourth-order valence-electron chi connectivity index (χ4n) is 1.86. The number of H-pyrrole nitrogens is 1. The number of carbonyl (C=O) groups is 1. The number of phenols is 1. The molecule has 1 aromatic carbocycles. The van der Waals surface area contributed by atoms with Crippen LogP contribution in [-0.2, 0) is 4.74 Å². The molecule has 0 aliphatic rings. The molecule has 0 aliphatic carbocycles. The Morgan fingerprint density at radius 3 is 2.68 bits per heavy atom. The molecule has 0 unspecified atom stereocenters. The minimum atomic E-state index is -0.577. The molecule has 2 aromatic rings. The third-order valence-corrected chi connectivity index (χ3v) is 2.85. The third kappa shape index (κ3) is 2.35. The fraction of sp³-hybridized carbons (Fsp3) is 0.143. The zero-order chi connectivity index (χ0) is 14.0. The molecule has 1 heterocycles. The van der Waals surface area contributed by atoms with Crippen LogP contribution in [0.15, 0.2) is 35.3 Å². The molecule has 0 radical (unpaired) electrons. The Labute approximate surface area is 109 Å². The molecule has 0 aliphatic heterocycles. The van der Waals surface area contributed by atoms with Gasteiger partial charge >= 0.3 is 5.97 Å². The minimum Gasteiger partial charge on any atom is -0.508 e. The van der Waals surface area contributed by atoms with Crippen molar-refractivity contribution in [2.24, 2.45) is 0 Å². The summed E-state index contributed by atoms with van der Waals surface area (Å²) in [5.74, 6) is -0.442. The number of pyridine rings is 1. The van der Waals surface area contributed by atoms with Crippen LogP contribution in [0.5, 0.6) is 5.75 Å². The molecule has 0 saturated heterocycles. The van der Waals surface area contributed by atoms with E-state index in [0.717, 1.165) is 0 Å². The first kappa shape index (κ1) is 12.9. The van der Waals surface area contributed by atoms with Gasteiger partial charge in [0.15, 0.2) is 0 Å². The van der Waals surface area contributed by atoms with Crippen molar-refractivity contribution in [3.63, 3.8) is 0 Å². The summed E-state index contributed by atoms with van der Waals surface area (Å²) in [6.07, 6.45) is 1.39. The number of methoxy groups -OCH3 is 1. The van der Waals surface area contributed by atoms with Crippen molar-refractivity contribution in [1.82, 2.24) is 4.98 Å². The van der Waals surface area contributed by atoms with Gasteiger partial charge in [-0.3, -0.25) is 4.79 Å². The van der Waals surface area contributed by atoms with Crippen LogP contribution in [0.4, 0.5) is 0 Å². The summed E-state index contributed by atoms with van der Waals surface area (Å²) in [5, 5.41) is 9.51. The van der Waals surface area contributed by atoms with Gasteiger partial charge in [0.2, 0.25) is 0 Å². The second-order valence-corrected chi connectivity index (χ2v) is 4.09. The van der Waals surface area contributed by atoms with Crippen molar-refractivity contribution in [1.29, 1.82) is 0 Å². The number of benzene rings is 1. The quantitative estimate of drug-likeness (QED) is 0.806. The van der Waals surface area contributed by atoms with E-state index in [-0.39, 0.29) is 22.4 Å². The first-order valence-corrected chi connectivity index (χ1v) is 5.64. The number of aromatic nitrogens is 1. The highest BCUT2D eigenvalue weighted by molar-refractivity contribution is 5.96. The number of ether oxygens (including phenoxy) is 1. The topological polar surface area (TPSA) is 79.4 Å². The highest BCUT2D eigenvalue weighted by atomic mass is 16.5. The molecule has 2 N–H and O–H groups in total. The van der Waals surface area contributed by atoms with Gasteiger partial charge in [-0.25, -0.2) is 4.79 Å². The van der Waals surface area contributed by atoms with E-state index in [2.05, 4.69) is 9.72 Å². The average Bonchev–Trinajstić information content (AvgIpc) is 2.41. The second kappa shape index (κ2) is 4.97. The number of phenolic OH excluding ortho intramolecular Hbond substituents is 1. The largest absolute Gasteiger partial charge is 0.508 e. The Balaban J connectivity index is 2.70. The van der Waals surface area contributed by atoms with Crippen LogP contribution < -0.4 is 5.56 Å². The number of aryl methyl sites for hydroxylation is 1. The Morgan fingerprint density at radius 1 is 1.32 bits per heavy atom. The fourth-order valence-corrected chi connectivity index (χ4v) is 1.86. The molecular formula is C14H13NO4. The van der Waals surface area contributed by atoms with Gasteiger partial charge in [-0.2, -0.15) is 0 Å². The summed E-state index contributed by atoms with van der Waals surface area (Å²) < 4.78 is 4.67. The number of aromatic hydroxyl groups is 1. The second-order valence-electron chi connectivity index (χ2n) is 4.09. The first-order chi connectivity index (χ1) is 9.04. The number of hydrogen-bond donors (Lipinski definition) is 2. The Morgan fingerprint density at radius 2 is 2.05 bits per heavy atom. The van der Waals surface area contributed by atoms with E-state index in [0.29, 0.717) is 11.1 Å². The van der Waals surface area contributed by atoms with Gasteiger partial charge in [0.05, 0.1) is 18.2 Å². The molecule has 0 saturated carbocycles. The van der Waals surface area contributed by atoms with Crippen LogP contribution in [0.1, 0.15) is 15.9 Å². The zero-order valence-corrected chi connectivity index (χ0v) is 10.6. The maximum Gasteiger partial charge on any atom is 0.338 e. The van der Waals surface area contributed by atoms with Gasteiger partial charge in [-0.1, -0.05) is 6.07 Å². The summed E-state index contributed by atoms with van der Waals surface area (Å²) in [7, 11) is 1.26. The van der Waals surface area contributed by atoms with Crippen molar-refractivity contribution in [2.45, 2.75) is 6.92 Å². The lowest BCUT2D eigenvalue weighted by atomic mass is 10.00. The normalized spacial score (nSPS) is 10.2. The van der Waals surface area contributed by atoms with Crippen LogP contribution in [-0.4, -0.2) is 23.2 Å². The van der Waals surface area contributed by atoms with Crippen molar-refractivity contribution in [3.8, 4) is 16.9 Å². The van der Waals surface area contributed by atoms with Gasteiger partial charge in [-0.15, -0.1) is 0 Å². The van der Waals surface area contributed by atoms with Crippen LogP contribution in [0, 0.1) is 6.92 Å². The van der Waals surface area contributed by atoms with E-state index in [1.165, 1.54) is 25.4 Å². The van der Waals surface area contributed by atoms with Crippen molar-refractivity contribution >= 4 is 5.97 Å². The molecule has 0 amide bonds. The molecule has 5 nitrogen and oxygen atoms in total. The van der Waals surface area contributed by atoms with Crippen LogP contribution in [0.2, 0.25) is 0 Å². The SMILES string of the molecule is COC(=O)c1cc[nH]c(=O)c1-c1ccc(O)c(C)c1. The lowest BCUT2D eigenvalue weighted by Gasteiger charge is -2.08. The molecule has 98 valence electrons. The van der Waals surface area contributed by atoms with Gasteiger partial charge in [0, 0.05) is 6.20 Å². The third-order valence-electron chi connectivity index (χ3n) is 2.85. The molecule has 1 aromatic heterocycles. The van der Waals surface area contributed by atoms with Crippen molar-refractivity contribution in [2.75, 3.05) is 7.11 Å². The number of hydrogen-bond acceptors (Lipinski definition) is 4. The van der Waals surface area contributed by atoms with Gasteiger partial charge < -0.3 is 14.8 Å². The summed E-state index contributed by atoms with van der Waals surface area (Å²) in [6, 6.07) is 6.20. The van der Waals surface area contributed by atoms with E-state index < -0.39 is 5.97 Å². The molecule has 0 bridgehead atoms.